The van der Waals surface area contributed by atoms with Gasteiger partial charge in [-0.05, 0) is 18.6 Å². The largest absolute Gasteiger partial charge is 0.494 e. The highest BCUT2D eigenvalue weighted by atomic mass is 19.1. The fraction of sp³-hybridized carbons (Fsp3) is 0.333. The van der Waals surface area contributed by atoms with Gasteiger partial charge in [0.15, 0.2) is 5.75 Å². The minimum Gasteiger partial charge on any atom is -0.494 e. The third-order valence-electron chi connectivity index (χ3n) is 4.68. The molecule has 0 spiro atoms. The molecule has 8 nitrogen and oxygen atoms in total. The van der Waals surface area contributed by atoms with E-state index in [1.54, 1.807) is 19.4 Å². The van der Waals surface area contributed by atoms with Crippen LogP contribution in [0.3, 0.4) is 0 Å². The van der Waals surface area contributed by atoms with Crippen molar-refractivity contribution in [2.45, 2.75) is 12.6 Å². The molecule has 1 aliphatic carbocycles. The van der Waals surface area contributed by atoms with Crippen molar-refractivity contribution in [3.63, 3.8) is 0 Å². The zero-order valence-electron chi connectivity index (χ0n) is 15.1. The molecule has 2 unspecified atom stereocenters. The number of alkyl halides is 1. The Balaban J connectivity index is 1.75. The van der Waals surface area contributed by atoms with Crippen LogP contribution in [0.2, 0.25) is 0 Å². The molecular formula is C18H18FN5O3. The van der Waals surface area contributed by atoms with E-state index in [1.165, 1.54) is 13.3 Å². The van der Waals surface area contributed by atoms with Crippen molar-refractivity contribution in [1.29, 1.82) is 0 Å². The van der Waals surface area contributed by atoms with E-state index in [4.69, 9.17) is 9.47 Å². The first-order chi connectivity index (χ1) is 13.0. The second kappa shape index (κ2) is 6.49. The third-order valence-corrected chi connectivity index (χ3v) is 4.68. The van der Waals surface area contributed by atoms with Gasteiger partial charge in [0.25, 0.3) is 0 Å². The second-order valence-electron chi connectivity index (χ2n) is 6.36. The van der Waals surface area contributed by atoms with E-state index >= 15 is 0 Å². The number of carbonyl (C=O) groups excluding carboxylic acids is 1. The molecule has 1 aliphatic rings. The standard InChI is InChI=1S/C18H18FN5O3/c1-24-12(16-14(26-2)8-21-23-18(16)27-3)4-9-5-15(20-7-13(9)24)22-17(25)10-6-11(10)19/h4-5,7-8,10-11H,6H2,1-3H3,(H,20,22,25). The molecule has 3 aromatic heterocycles. The lowest BCUT2D eigenvalue weighted by Crippen LogP contribution is -2.15. The molecule has 3 aromatic rings. The predicted octanol–water partition coefficient (Wildman–Crippen LogP) is 2.34. The van der Waals surface area contributed by atoms with Gasteiger partial charge >= 0.3 is 0 Å². The van der Waals surface area contributed by atoms with Crippen molar-refractivity contribution in [1.82, 2.24) is 19.7 Å². The molecule has 4 rings (SSSR count). The summed E-state index contributed by atoms with van der Waals surface area (Å²) in [5.74, 6) is 0.342. The maximum atomic E-state index is 13.0. The number of carbonyl (C=O) groups is 1. The van der Waals surface area contributed by atoms with Crippen LogP contribution in [0.15, 0.2) is 24.5 Å². The SMILES string of the molecule is COc1cnnc(OC)c1-c1cc2cc(NC(=O)C3CC3F)ncc2n1C. The highest BCUT2D eigenvalue weighted by Gasteiger charge is 2.43. The zero-order valence-corrected chi connectivity index (χ0v) is 15.1. The second-order valence-corrected chi connectivity index (χ2v) is 6.36. The van der Waals surface area contributed by atoms with Gasteiger partial charge < -0.3 is 19.4 Å². The van der Waals surface area contributed by atoms with Crippen LogP contribution in [0, 0.1) is 5.92 Å². The lowest BCUT2D eigenvalue weighted by atomic mass is 10.2. The summed E-state index contributed by atoms with van der Waals surface area (Å²) >= 11 is 0. The van der Waals surface area contributed by atoms with Crippen LogP contribution in [0.5, 0.6) is 11.6 Å². The minimum atomic E-state index is -1.05. The monoisotopic (exact) mass is 371 g/mol. The topological polar surface area (TPSA) is 91.2 Å². The first kappa shape index (κ1) is 17.2. The molecular weight excluding hydrogens is 353 g/mol. The first-order valence-corrected chi connectivity index (χ1v) is 8.38. The number of rotatable bonds is 5. The van der Waals surface area contributed by atoms with E-state index in [0.29, 0.717) is 23.0 Å². The first-order valence-electron chi connectivity index (χ1n) is 8.38. The minimum absolute atomic E-state index is 0.276. The number of halogens is 1. The van der Waals surface area contributed by atoms with Gasteiger partial charge in [0.1, 0.15) is 17.6 Å². The van der Waals surface area contributed by atoms with Crippen LogP contribution in [0.1, 0.15) is 6.42 Å². The molecule has 140 valence electrons. The molecule has 0 bridgehead atoms. The lowest BCUT2D eigenvalue weighted by Gasteiger charge is -2.11. The Morgan fingerprint density at radius 1 is 1.30 bits per heavy atom. The maximum absolute atomic E-state index is 13.0. The number of ether oxygens (including phenoxy) is 2. The van der Waals surface area contributed by atoms with E-state index in [-0.39, 0.29) is 12.3 Å². The average Bonchev–Trinajstić information content (AvgIpc) is 3.33. The molecule has 0 radical (unpaired) electrons. The van der Waals surface area contributed by atoms with Crippen molar-refractivity contribution in [3.8, 4) is 22.9 Å². The van der Waals surface area contributed by atoms with Crippen molar-refractivity contribution in [3.05, 3.63) is 24.5 Å². The number of aromatic nitrogens is 4. The van der Waals surface area contributed by atoms with Crippen LogP contribution in [0.25, 0.3) is 22.2 Å². The van der Waals surface area contributed by atoms with Crippen LogP contribution >= 0.6 is 0 Å². The smallest absolute Gasteiger partial charge is 0.246 e. The molecule has 1 fully saturated rings. The fourth-order valence-corrected chi connectivity index (χ4v) is 3.08. The highest BCUT2D eigenvalue weighted by molar-refractivity contribution is 5.96. The van der Waals surface area contributed by atoms with Gasteiger partial charge in [0.05, 0.1) is 43.7 Å². The molecule has 9 heteroatoms. The molecule has 0 aromatic carbocycles. The number of aryl methyl sites for hydroxylation is 1. The zero-order chi connectivity index (χ0) is 19.1. The summed E-state index contributed by atoms with van der Waals surface area (Å²) in [4.78, 5) is 16.2. The Morgan fingerprint density at radius 3 is 2.74 bits per heavy atom. The van der Waals surface area contributed by atoms with Crippen molar-refractivity contribution in [2.24, 2.45) is 13.0 Å². The lowest BCUT2D eigenvalue weighted by molar-refractivity contribution is -0.117. The summed E-state index contributed by atoms with van der Waals surface area (Å²) in [5.41, 5.74) is 2.31. The van der Waals surface area contributed by atoms with Gasteiger partial charge in [-0.15, -0.1) is 5.10 Å². The summed E-state index contributed by atoms with van der Waals surface area (Å²) in [6.07, 6.45) is 2.40. The Kier molecular flexibility index (Phi) is 4.14. The van der Waals surface area contributed by atoms with Gasteiger partial charge in [0, 0.05) is 12.4 Å². The van der Waals surface area contributed by atoms with E-state index < -0.39 is 12.1 Å². The average molecular weight is 371 g/mol. The van der Waals surface area contributed by atoms with Crippen molar-refractivity contribution in [2.75, 3.05) is 19.5 Å². The van der Waals surface area contributed by atoms with E-state index in [1.807, 2.05) is 17.7 Å². The molecule has 0 saturated heterocycles. The summed E-state index contributed by atoms with van der Waals surface area (Å²) in [6.45, 7) is 0. The Hall–Kier alpha value is -3.23. The van der Waals surface area contributed by atoms with Crippen LogP contribution in [0.4, 0.5) is 10.2 Å². The third kappa shape index (κ3) is 2.94. The molecule has 3 heterocycles. The van der Waals surface area contributed by atoms with Gasteiger partial charge in [-0.2, -0.15) is 5.10 Å². The highest BCUT2D eigenvalue weighted by Crippen LogP contribution is 2.39. The fourth-order valence-electron chi connectivity index (χ4n) is 3.08. The maximum Gasteiger partial charge on any atom is 0.246 e. The summed E-state index contributed by atoms with van der Waals surface area (Å²) in [5, 5.41) is 11.4. The summed E-state index contributed by atoms with van der Waals surface area (Å²) < 4.78 is 25.7. The quantitative estimate of drug-likeness (QED) is 0.740. The molecule has 2 atom stereocenters. The van der Waals surface area contributed by atoms with Crippen LogP contribution < -0.4 is 14.8 Å². The normalized spacial score (nSPS) is 18.4. The number of pyridine rings is 1. The van der Waals surface area contributed by atoms with E-state index in [9.17, 15) is 9.18 Å². The number of nitrogens with zero attached hydrogens (tertiary/aromatic N) is 4. The summed E-state index contributed by atoms with van der Waals surface area (Å²) in [7, 11) is 4.95. The van der Waals surface area contributed by atoms with Gasteiger partial charge in [-0.3, -0.25) is 4.79 Å². The van der Waals surface area contributed by atoms with Crippen molar-refractivity contribution >= 4 is 22.6 Å². The molecule has 1 N–H and O–H groups in total. The van der Waals surface area contributed by atoms with E-state index in [2.05, 4.69) is 20.5 Å². The van der Waals surface area contributed by atoms with Crippen molar-refractivity contribution < 1.29 is 18.7 Å². The van der Waals surface area contributed by atoms with Gasteiger partial charge in [0.2, 0.25) is 11.8 Å². The predicted molar refractivity (Wildman–Crippen MR) is 96.5 cm³/mol. The summed E-state index contributed by atoms with van der Waals surface area (Å²) in [6, 6.07) is 3.67. The van der Waals surface area contributed by atoms with Crippen LogP contribution in [-0.4, -0.2) is 46.0 Å². The number of hydrogen-bond acceptors (Lipinski definition) is 6. The molecule has 1 saturated carbocycles. The van der Waals surface area contributed by atoms with Crippen LogP contribution in [-0.2, 0) is 11.8 Å². The Bertz CT molecular complexity index is 1010. The van der Waals surface area contributed by atoms with E-state index in [0.717, 1.165) is 16.6 Å². The number of fused-ring (bicyclic) bond motifs is 1. The Labute approximate surface area is 154 Å². The Morgan fingerprint density at radius 2 is 2.07 bits per heavy atom. The number of methoxy groups -OCH3 is 2. The van der Waals surface area contributed by atoms with Gasteiger partial charge in [-0.25, -0.2) is 9.37 Å². The molecule has 0 aliphatic heterocycles. The number of amides is 1. The number of hydrogen-bond donors (Lipinski definition) is 1. The molecule has 27 heavy (non-hydrogen) atoms. The molecule has 1 amide bonds. The van der Waals surface area contributed by atoms with Gasteiger partial charge in [-0.1, -0.05) is 0 Å². The number of anilines is 1. The number of nitrogens with one attached hydrogen (secondary N) is 1.